The first-order valence-electron chi connectivity index (χ1n) is 7.20. The molecule has 7 heteroatoms. The summed E-state index contributed by atoms with van der Waals surface area (Å²) < 4.78 is 0. The molecular formula is C15H18N6O. The smallest absolute Gasteiger partial charge is 0.275 e. The first-order valence-corrected chi connectivity index (χ1v) is 7.20. The van der Waals surface area contributed by atoms with Gasteiger partial charge in [-0.1, -0.05) is 6.07 Å². The van der Waals surface area contributed by atoms with Crippen LogP contribution in [0.25, 0.3) is 0 Å². The first-order chi connectivity index (χ1) is 10.7. The average Bonchev–Trinajstić information content (AvgIpc) is 2.56. The van der Waals surface area contributed by atoms with E-state index in [-0.39, 0.29) is 5.91 Å². The zero-order valence-electron chi connectivity index (χ0n) is 12.4. The maximum Gasteiger partial charge on any atom is 0.275 e. The molecule has 3 rings (SSSR count). The molecule has 0 atom stereocenters. The Bertz CT molecular complexity index is 639. The van der Waals surface area contributed by atoms with Crippen LogP contribution in [0.3, 0.4) is 0 Å². The number of rotatable bonds is 3. The number of nitrogens with zero attached hydrogens (tertiary/aromatic N) is 5. The van der Waals surface area contributed by atoms with Crippen LogP contribution in [-0.2, 0) is 0 Å². The second-order valence-electron chi connectivity index (χ2n) is 5.22. The minimum absolute atomic E-state index is 0.274. The van der Waals surface area contributed by atoms with E-state index in [1.165, 1.54) is 6.33 Å². The van der Waals surface area contributed by atoms with Gasteiger partial charge in [0.05, 0.1) is 0 Å². The maximum absolute atomic E-state index is 12.1. The van der Waals surface area contributed by atoms with E-state index in [2.05, 4.69) is 37.1 Å². The number of amides is 1. The summed E-state index contributed by atoms with van der Waals surface area (Å²) in [6.45, 7) is 3.83. The number of anilines is 2. The van der Waals surface area contributed by atoms with Crippen molar-refractivity contribution in [2.45, 2.75) is 0 Å². The fourth-order valence-corrected chi connectivity index (χ4v) is 2.30. The van der Waals surface area contributed by atoms with Gasteiger partial charge in [0.25, 0.3) is 5.91 Å². The largest absolute Gasteiger partial charge is 0.354 e. The van der Waals surface area contributed by atoms with E-state index in [4.69, 9.17) is 0 Å². The van der Waals surface area contributed by atoms with Gasteiger partial charge in [-0.15, -0.1) is 0 Å². The molecule has 1 N–H and O–H groups in total. The third kappa shape index (κ3) is 3.37. The lowest BCUT2D eigenvalue weighted by molar-refractivity contribution is 0.102. The van der Waals surface area contributed by atoms with E-state index < -0.39 is 0 Å². The van der Waals surface area contributed by atoms with Gasteiger partial charge in [-0.05, 0) is 19.2 Å². The second-order valence-corrected chi connectivity index (χ2v) is 5.22. The normalized spacial score (nSPS) is 15.6. The fourth-order valence-electron chi connectivity index (χ4n) is 2.30. The fraction of sp³-hybridized carbons (Fsp3) is 0.333. The minimum atomic E-state index is -0.274. The maximum atomic E-state index is 12.1. The van der Waals surface area contributed by atoms with Crippen LogP contribution in [0.4, 0.5) is 11.6 Å². The van der Waals surface area contributed by atoms with Gasteiger partial charge in [-0.3, -0.25) is 9.78 Å². The monoisotopic (exact) mass is 298 g/mol. The van der Waals surface area contributed by atoms with Gasteiger partial charge in [-0.2, -0.15) is 0 Å². The average molecular weight is 298 g/mol. The quantitative estimate of drug-likeness (QED) is 0.906. The summed E-state index contributed by atoms with van der Waals surface area (Å²) >= 11 is 0. The summed E-state index contributed by atoms with van der Waals surface area (Å²) in [5.74, 6) is 1.04. The molecule has 2 aromatic rings. The number of nitrogens with one attached hydrogen (secondary N) is 1. The molecule has 2 aromatic heterocycles. The van der Waals surface area contributed by atoms with Crippen LogP contribution in [-0.4, -0.2) is 59.0 Å². The summed E-state index contributed by atoms with van der Waals surface area (Å²) in [5.41, 5.74) is 0.363. The van der Waals surface area contributed by atoms with E-state index in [9.17, 15) is 4.79 Å². The molecule has 0 radical (unpaired) electrons. The number of hydrogen-bond acceptors (Lipinski definition) is 6. The minimum Gasteiger partial charge on any atom is -0.354 e. The lowest BCUT2D eigenvalue weighted by atomic mass is 10.3. The third-order valence-electron chi connectivity index (χ3n) is 3.62. The molecule has 0 spiro atoms. The van der Waals surface area contributed by atoms with Crippen molar-refractivity contribution in [2.24, 2.45) is 0 Å². The molecule has 0 unspecified atom stereocenters. The molecule has 114 valence electrons. The van der Waals surface area contributed by atoms with Crippen molar-refractivity contribution in [3.05, 3.63) is 42.5 Å². The van der Waals surface area contributed by atoms with E-state index in [0.717, 1.165) is 32.0 Å². The Balaban J connectivity index is 1.70. The second kappa shape index (κ2) is 6.48. The van der Waals surface area contributed by atoms with Crippen LogP contribution in [0, 0.1) is 0 Å². The molecule has 0 aromatic carbocycles. The van der Waals surface area contributed by atoms with Gasteiger partial charge in [-0.25, -0.2) is 9.97 Å². The summed E-state index contributed by atoms with van der Waals surface area (Å²) in [4.78, 5) is 29.0. The highest BCUT2D eigenvalue weighted by molar-refractivity contribution is 6.02. The van der Waals surface area contributed by atoms with Crippen LogP contribution < -0.4 is 10.2 Å². The molecule has 0 aliphatic carbocycles. The Labute approximate surface area is 129 Å². The van der Waals surface area contributed by atoms with Gasteiger partial charge >= 0.3 is 0 Å². The van der Waals surface area contributed by atoms with Crippen molar-refractivity contribution < 1.29 is 4.79 Å². The van der Waals surface area contributed by atoms with Gasteiger partial charge in [0, 0.05) is 38.4 Å². The number of carbonyl (C=O) groups excluding carboxylic acids is 1. The van der Waals surface area contributed by atoms with E-state index in [1.807, 2.05) is 0 Å². The number of likely N-dealkylation sites (N-methyl/N-ethyl adjacent to an activating group) is 1. The van der Waals surface area contributed by atoms with Crippen molar-refractivity contribution in [1.29, 1.82) is 0 Å². The van der Waals surface area contributed by atoms with Crippen molar-refractivity contribution in [3.63, 3.8) is 0 Å². The lowest BCUT2D eigenvalue weighted by Crippen LogP contribution is -2.44. The van der Waals surface area contributed by atoms with E-state index in [1.54, 1.807) is 30.5 Å². The van der Waals surface area contributed by atoms with Crippen LogP contribution >= 0.6 is 0 Å². The molecule has 1 aliphatic rings. The molecule has 0 bridgehead atoms. The van der Waals surface area contributed by atoms with Gasteiger partial charge < -0.3 is 15.1 Å². The number of aromatic nitrogens is 3. The highest BCUT2D eigenvalue weighted by Gasteiger charge is 2.16. The number of piperazine rings is 1. The summed E-state index contributed by atoms with van der Waals surface area (Å²) in [7, 11) is 2.11. The first kappa shape index (κ1) is 14.4. The summed E-state index contributed by atoms with van der Waals surface area (Å²) in [6.07, 6.45) is 3.06. The summed E-state index contributed by atoms with van der Waals surface area (Å²) in [5, 5.41) is 2.76. The third-order valence-corrected chi connectivity index (χ3v) is 3.62. The zero-order chi connectivity index (χ0) is 15.4. The Morgan fingerprint density at radius 1 is 1.14 bits per heavy atom. The Kier molecular flexibility index (Phi) is 4.24. The molecule has 22 heavy (non-hydrogen) atoms. The van der Waals surface area contributed by atoms with Gasteiger partial charge in [0.15, 0.2) is 0 Å². The predicted octanol–water partition coefficient (Wildman–Crippen LogP) is 0.876. The van der Waals surface area contributed by atoms with Crippen molar-refractivity contribution in [1.82, 2.24) is 19.9 Å². The number of carbonyl (C=O) groups is 1. The predicted molar refractivity (Wildman–Crippen MR) is 83.9 cm³/mol. The molecule has 0 saturated carbocycles. The molecule has 1 amide bonds. The lowest BCUT2D eigenvalue weighted by Gasteiger charge is -2.33. The van der Waals surface area contributed by atoms with Crippen LogP contribution in [0.1, 0.15) is 10.5 Å². The Morgan fingerprint density at radius 3 is 2.68 bits per heavy atom. The van der Waals surface area contributed by atoms with Crippen molar-refractivity contribution in [3.8, 4) is 0 Å². The topological polar surface area (TPSA) is 74.2 Å². The molecule has 3 heterocycles. The zero-order valence-corrected chi connectivity index (χ0v) is 12.4. The highest BCUT2D eigenvalue weighted by Crippen LogP contribution is 2.16. The molecule has 7 nitrogen and oxygen atoms in total. The van der Waals surface area contributed by atoms with E-state index >= 15 is 0 Å². The van der Waals surface area contributed by atoms with E-state index in [0.29, 0.717) is 11.5 Å². The molecule has 1 aliphatic heterocycles. The molecular weight excluding hydrogens is 280 g/mol. The Hall–Kier alpha value is -2.54. The van der Waals surface area contributed by atoms with Gasteiger partial charge in [0.2, 0.25) is 0 Å². The summed E-state index contributed by atoms with van der Waals surface area (Å²) in [6, 6.07) is 7.01. The standard InChI is InChI=1S/C15H18N6O/c1-20-6-8-21(9-7-20)14-10-13(17-11-18-14)19-15(22)12-4-2-3-5-16-12/h2-5,10-11H,6-9H2,1H3,(H,17,18,19,22). The SMILES string of the molecule is CN1CCN(c2cc(NC(=O)c3ccccn3)ncn2)CC1. The Morgan fingerprint density at radius 2 is 1.95 bits per heavy atom. The van der Waals surface area contributed by atoms with Crippen LogP contribution in [0.5, 0.6) is 0 Å². The van der Waals surface area contributed by atoms with Crippen molar-refractivity contribution in [2.75, 3.05) is 43.4 Å². The number of pyridine rings is 1. The van der Waals surface area contributed by atoms with Gasteiger partial charge in [0.1, 0.15) is 23.7 Å². The van der Waals surface area contributed by atoms with Crippen LogP contribution in [0.15, 0.2) is 36.8 Å². The van der Waals surface area contributed by atoms with Crippen LogP contribution in [0.2, 0.25) is 0 Å². The number of hydrogen-bond donors (Lipinski definition) is 1. The van der Waals surface area contributed by atoms with Crippen molar-refractivity contribution >= 4 is 17.5 Å². The molecule has 1 fully saturated rings. The molecule has 1 saturated heterocycles. The highest BCUT2D eigenvalue weighted by atomic mass is 16.1.